The first-order chi connectivity index (χ1) is 10.6. The van der Waals surface area contributed by atoms with Gasteiger partial charge in [-0.2, -0.15) is 5.26 Å². The van der Waals surface area contributed by atoms with Gasteiger partial charge in [0.05, 0.1) is 29.2 Å². The Kier molecular flexibility index (Phi) is 3.63. The predicted molar refractivity (Wildman–Crippen MR) is 82.3 cm³/mol. The first kappa shape index (κ1) is 14.6. The predicted octanol–water partition coefficient (Wildman–Crippen LogP) is 2.77. The molecule has 0 amide bonds. The number of hydrogen-bond acceptors (Lipinski definition) is 4. The standard InChI is InChI=1S/C17H15NO3S/c1-21-13-9-7-12(8-10-13)16-15(11-18)17(16)22(19,20)14-5-3-2-4-6-14/h2-10,15-17H,1H3/t15-,16+,17+/m1/s1. The van der Waals surface area contributed by atoms with Crippen molar-refractivity contribution in [1.82, 2.24) is 0 Å². The summed E-state index contributed by atoms with van der Waals surface area (Å²) in [4.78, 5) is 0.274. The molecule has 0 heterocycles. The first-order valence-corrected chi connectivity index (χ1v) is 8.46. The minimum absolute atomic E-state index is 0.274. The second kappa shape index (κ2) is 5.47. The fourth-order valence-electron chi connectivity index (χ4n) is 2.81. The third kappa shape index (κ3) is 2.36. The maximum absolute atomic E-state index is 12.7. The lowest BCUT2D eigenvalue weighted by Gasteiger charge is -2.04. The van der Waals surface area contributed by atoms with E-state index in [1.807, 2.05) is 12.1 Å². The Morgan fingerprint density at radius 1 is 1.05 bits per heavy atom. The van der Waals surface area contributed by atoms with Crippen LogP contribution in [0.2, 0.25) is 0 Å². The Morgan fingerprint density at radius 3 is 2.23 bits per heavy atom. The Labute approximate surface area is 129 Å². The molecule has 0 saturated heterocycles. The molecule has 0 aliphatic heterocycles. The van der Waals surface area contributed by atoms with Crippen molar-refractivity contribution in [2.45, 2.75) is 16.1 Å². The maximum Gasteiger partial charge on any atom is 0.183 e. The Bertz CT molecular complexity index is 807. The summed E-state index contributed by atoms with van der Waals surface area (Å²) in [6, 6.07) is 17.7. The molecule has 0 aromatic heterocycles. The van der Waals surface area contributed by atoms with Crippen molar-refractivity contribution >= 4 is 9.84 Å². The van der Waals surface area contributed by atoms with E-state index in [1.165, 1.54) is 0 Å². The number of sulfone groups is 1. The molecule has 5 heteroatoms. The minimum atomic E-state index is -3.49. The van der Waals surface area contributed by atoms with E-state index in [0.717, 1.165) is 5.56 Å². The average molecular weight is 313 g/mol. The van der Waals surface area contributed by atoms with Crippen molar-refractivity contribution < 1.29 is 13.2 Å². The highest BCUT2D eigenvalue weighted by atomic mass is 32.2. The molecule has 1 aliphatic carbocycles. The Hall–Kier alpha value is -2.32. The van der Waals surface area contributed by atoms with Gasteiger partial charge in [0, 0.05) is 5.92 Å². The fourth-order valence-corrected chi connectivity index (χ4v) is 4.90. The van der Waals surface area contributed by atoms with E-state index >= 15 is 0 Å². The molecule has 2 aromatic rings. The van der Waals surface area contributed by atoms with Crippen LogP contribution in [-0.4, -0.2) is 20.8 Å². The van der Waals surface area contributed by atoms with Gasteiger partial charge in [-0.25, -0.2) is 8.42 Å². The van der Waals surface area contributed by atoms with Crippen molar-refractivity contribution in [3.8, 4) is 11.8 Å². The molecule has 0 unspecified atom stereocenters. The number of rotatable bonds is 4. The molecule has 3 atom stereocenters. The normalized spacial score (nSPS) is 23.5. The van der Waals surface area contributed by atoms with Crippen LogP contribution >= 0.6 is 0 Å². The van der Waals surface area contributed by atoms with E-state index in [9.17, 15) is 13.7 Å². The van der Waals surface area contributed by atoms with Crippen LogP contribution in [-0.2, 0) is 9.84 Å². The van der Waals surface area contributed by atoms with Gasteiger partial charge in [-0.05, 0) is 29.8 Å². The van der Waals surface area contributed by atoms with Gasteiger partial charge >= 0.3 is 0 Å². The number of hydrogen-bond donors (Lipinski definition) is 0. The zero-order valence-electron chi connectivity index (χ0n) is 12.0. The number of nitriles is 1. The smallest absolute Gasteiger partial charge is 0.183 e. The van der Waals surface area contributed by atoms with Crippen LogP contribution in [0, 0.1) is 17.2 Å². The molecule has 3 rings (SSSR count). The van der Waals surface area contributed by atoms with Gasteiger partial charge < -0.3 is 4.74 Å². The van der Waals surface area contributed by atoms with Gasteiger partial charge in [-0.15, -0.1) is 0 Å². The van der Waals surface area contributed by atoms with E-state index in [2.05, 4.69) is 6.07 Å². The lowest BCUT2D eigenvalue weighted by Crippen LogP contribution is -2.10. The summed E-state index contributed by atoms with van der Waals surface area (Å²) in [6.45, 7) is 0. The van der Waals surface area contributed by atoms with Crippen molar-refractivity contribution in [2.24, 2.45) is 5.92 Å². The number of ether oxygens (including phenoxy) is 1. The molecule has 0 N–H and O–H groups in total. The molecule has 22 heavy (non-hydrogen) atoms. The number of nitrogens with zero attached hydrogens (tertiary/aromatic N) is 1. The third-order valence-electron chi connectivity index (χ3n) is 4.03. The quantitative estimate of drug-likeness (QED) is 0.870. The van der Waals surface area contributed by atoms with E-state index in [0.29, 0.717) is 5.75 Å². The van der Waals surface area contributed by atoms with Crippen LogP contribution in [0.15, 0.2) is 59.5 Å². The van der Waals surface area contributed by atoms with Crippen LogP contribution in [0.4, 0.5) is 0 Å². The van der Waals surface area contributed by atoms with Crippen LogP contribution < -0.4 is 4.74 Å². The van der Waals surface area contributed by atoms with Crippen molar-refractivity contribution in [3.05, 3.63) is 60.2 Å². The molecule has 1 aliphatic rings. The topological polar surface area (TPSA) is 67.2 Å². The van der Waals surface area contributed by atoms with Crippen LogP contribution in [0.3, 0.4) is 0 Å². The van der Waals surface area contributed by atoms with Gasteiger partial charge in [0.2, 0.25) is 0 Å². The van der Waals surface area contributed by atoms with Gasteiger partial charge in [-0.1, -0.05) is 30.3 Å². The lowest BCUT2D eigenvalue weighted by atomic mass is 10.1. The van der Waals surface area contributed by atoms with Crippen molar-refractivity contribution in [2.75, 3.05) is 7.11 Å². The molecule has 0 radical (unpaired) electrons. The zero-order chi connectivity index (χ0) is 15.7. The molecule has 2 aromatic carbocycles. The number of benzene rings is 2. The Balaban J connectivity index is 1.93. The SMILES string of the molecule is COc1ccc([C@H]2[C@@H](C#N)[C@@H]2S(=O)(=O)c2ccccc2)cc1. The molecule has 1 saturated carbocycles. The lowest BCUT2D eigenvalue weighted by molar-refractivity contribution is 0.414. The van der Waals surface area contributed by atoms with Crippen LogP contribution in [0.5, 0.6) is 5.75 Å². The summed E-state index contributed by atoms with van der Waals surface area (Å²) in [6.07, 6.45) is 0. The summed E-state index contributed by atoms with van der Waals surface area (Å²) in [7, 11) is -1.92. The highest BCUT2D eigenvalue weighted by molar-refractivity contribution is 7.92. The largest absolute Gasteiger partial charge is 0.497 e. The Morgan fingerprint density at radius 2 is 1.68 bits per heavy atom. The molecule has 1 fully saturated rings. The summed E-state index contributed by atoms with van der Waals surface area (Å²) in [5, 5.41) is 8.61. The van der Waals surface area contributed by atoms with Crippen LogP contribution in [0.1, 0.15) is 11.5 Å². The van der Waals surface area contributed by atoms with Gasteiger partial charge in [-0.3, -0.25) is 0 Å². The van der Waals surface area contributed by atoms with Crippen LogP contribution in [0.25, 0.3) is 0 Å². The highest BCUT2D eigenvalue weighted by Crippen LogP contribution is 2.53. The highest BCUT2D eigenvalue weighted by Gasteiger charge is 2.59. The maximum atomic E-state index is 12.7. The van der Waals surface area contributed by atoms with E-state index in [4.69, 9.17) is 4.74 Å². The van der Waals surface area contributed by atoms with Gasteiger partial charge in [0.15, 0.2) is 9.84 Å². The molecular weight excluding hydrogens is 298 g/mol. The van der Waals surface area contributed by atoms with Crippen molar-refractivity contribution in [3.63, 3.8) is 0 Å². The van der Waals surface area contributed by atoms with E-state index < -0.39 is 21.0 Å². The molecular formula is C17H15NO3S. The minimum Gasteiger partial charge on any atom is -0.497 e. The third-order valence-corrected chi connectivity index (χ3v) is 6.27. The molecule has 0 bridgehead atoms. The number of methoxy groups -OCH3 is 1. The summed E-state index contributed by atoms with van der Waals surface area (Å²) in [5.74, 6) is -0.0694. The zero-order valence-corrected chi connectivity index (χ0v) is 12.8. The monoisotopic (exact) mass is 313 g/mol. The van der Waals surface area contributed by atoms with Crippen molar-refractivity contribution in [1.29, 1.82) is 5.26 Å². The summed E-state index contributed by atoms with van der Waals surface area (Å²) >= 11 is 0. The fraction of sp³-hybridized carbons (Fsp3) is 0.235. The summed E-state index contributed by atoms with van der Waals surface area (Å²) in [5.41, 5.74) is 0.858. The molecule has 112 valence electrons. The molecule has 4 nitrogen and oxygen atoms in total. The van der Waals surface area contributed by atoms with E-state index in [1.54, 1.807) is 49.6 Å². The second-order valence-corrected chi connectivity index (χ2v) is 7.38. The first-order valence-electron chi connectivity index (χ1n) is 6.92. The average Bonchev–Trinajstić information content (AvgIpc) is 3.31. The van der Waals surface area contributed by atoms with E-state index in [-0.39, 0.29) is 10.8 Å². The van der Waals surface area contributed by atoms with Gasteiger partial charge in [0.25, 0.3) is 0 Å². The molecule has 0 spiro atoms. The second-order valence-electron chi connectivity index (χ2n) is 5.28. The summed E-state index contributed by atoms with van der Waals surface area (Å²) < 4.78 is 30.5. The van der Waals surface area contributed by atoms with Gasteiger partial charge in [0.1, 0.15) is 5.75 Å².